The van der Waals surface area contributed by atoms with Crippen molar-refractivity contribution in [3.8, 4) is 11.5 Å². The Bertz CT molecular complexity index is 1130. The zero-order chi connectivity index (χ0) is 24.3. The maximum absolute atomic E-state index is 12.4. The quantitative estimate of drug-likeness (QED) is 0.248. The molecule has 0 aliphatic rings. The van der Waals surface area contributed by atoms with E-state index in [4.69, 9.17) is 18.9 Å². The molecule has 0 spiro atoms. The summed E-state index contributed by atoms with van der Waals surface area (Å²) in [7, 11) is 2.83. The second kappa shape index (κ2) is 12.4. The molecule has 1 N–H and O–H groups in total. The maximum Gasteiger partial charge on any atom is 0.351 e. The van der Waals surface area contributed by atoms with E-state index in [-0.39, 0.29) is 12.4 Å². The maximum atomic E-state index is 12.4. The Labute approximate surface area is 201 Å². The number of aromatic nitrogens is 1. The highest BCUT2D eigenvalue weighted by atomic mass is 32.1. The molecule has 0 bridgehead atoms. The molecular weight excluding hydrogens is 458 g/mol. The van der Waals surface area contributed by atoms with Gasteiger partial charge in [-0.2, -0.15) is 5.10 Å². The first-order chi connectivity index (χ1) is 16.5. The van der Waals surface area contributed by atoms with E-state index in [0.717, 1.165) is 0 Å². The smallest absolute Gasteiger partial charge is 0.351 e. The van der Waals surface area contributed by atoms with E-state index in [1.807, 2.05) is 18.2 Å². The molecule has 0 amide bonds. The fraction of sp³-hybridized carbons (Fsp3) is 0.250. The van der Waals surface area contributed by atoms with Crippen LogP contribution >= 0.6 is 11.3 Å². The third-order valence-electron chi connectivity index (χ3n) is 4.51. The predicted octanol–water partition coefficient (Wildman–Crippen LogP) is 4.00. The zero-order valence-electron chi connectivity index (χ0n) is 19.0. The van der Waals surface area contributed by atoms with Gasteiger partial charge in [0.25, 0.3) is 0 Å². The van der Waals surface area contributed by atoms with Gasteiger partial charge in [0.2, 0.25) is 11.2 Å². The van der Waals surface area contributed by atoms with Crippen LogP contribution in [0.25, 0.3) is 0 Å². The molecule has 34 heavy (non-hydrogen) atoms. The van der Waals surface area contributed by atoms with E-state index < -0.39 is 12.1 Å². The first kappa shape index (κ1) is 24.7. The number of rotatable bonds is 11. The van der Waals surface area contributed by atoms with E-state index >= 15 is 0 Å². The first-order valence-corrected chi connectivity index (χ1v) is 11.3. The number of methoxy groups -OCH3 is 2. The summed E-state index contributed by atoms with van der Waals surface area (Å²) in [6.45, 7) is 2.09. The van der Waals surface area contributed by atoms with Gasteiger partial charge < -0.3 is 18.9 Å². The van der Waals surface area contributed by atoms with E-state index in [1.165, 1.54) is 25.6 Å². The summed E-state index contributed by atoms with van der Waals surface area (Å²) in [5, 5.41) is 6.50. The monoisotopic (exact) mass is 483 g/mol. The minimum Gasteiger partial charge on any atom is -0.493 e. The molecule has 1 atom stereocenters. The van der Waals surface area contributed by atoms with Gasteiger partial charge in [0.15, 0.2) is 11.5 Å². The third kappa shape index (κ3) is 6.79. The number of anilines is 1. The summed E-state index contributed by atoms with van der Waals surface area (Å²) in [5.41, 5.74) is 4.80. The van der Waals surface area contributed by atoms with Crippen LogP contribution in [0.5, 0.6) is 11.5 Å². The molecule has 3 rings (SSSR count). The Hall–Kier alpha value is -3.92. The molecule has 0 fully saturated rings. The van der Waals surface area contributed by atoms with Crippen LogP contribution in [0.15, 0.2) is 59.0 Å². The number of hydrogen-bond donors (Lipinski definition) is 1. The summed E-state index contributed by atoms with van der Waals surface area (Å²) in [5.74, 6) is -0.0408. The Kier molecular flexibility index (Phi) is 8.98. The summed E-state index contributed by atoms with van der Waals surface area (Å²) >= 11 is 1.33. The van der Waals surface area contributed by atoms with Gasteiger partial charge in [-0.1, -0.05) is 30.3 Å². The van der Waals surface area contributed by atoms with E-state index in [2.05, 4.69) is 15.5 Å². The van der Waals surface area contributed by atoms with Gasteiger partial charge in [0.05, 0.1) is 39.2 Å². The number of nitrogens with one attached hydrogen (secondary N) is 1. The molecule has 0 saturated heterocycles. The highest BCUT2D eigenvalue weighted by molar-refractivity contribution is 7.13. The lowest BCUT2D eigenvalue weighted by Crippen LogP contribution is -2.20. The van der Waals surface area contributed by atoms with Gasteiger partial charge in [-0.25, -0.2) is 9.78 Å². The van der Waals surface area contributed by atoms with Gasteiger partial charge in [-0.15, -0.1) is 11.3 Å². The molecule has 1 unspecified atom stereocenters. The SMILES string of the molecule is CCOC(=O)Cc1csc(NN=Cc2ccc(OC)c(OC(C(=O)OC)c3ccccc3)c2)n1. The average Bonchev–Trinajstić information content (AvgIpc) is 3.29. The third-order valence-corrected chi connectivity index (χ3v) is 5.30. The average molecular weight is 484 g/mol. The molecule has 1 aromatic heterocycles. The van der Waals surface area contributed by atoms with Crippen molar-refractivity contribution >= 4 is 34.6 Å². The Balaban J connectivity index is 1.72. The Morgan fingerprint density at radius 2 is 1.94 bits per heavy atom. The van der Waals surface area contributed by atoms with Crippen molar-refractivity contribution in [2.45, 2.75) is 19.4 Å². The molecule has 0 saturated carbocycles. The fourth-order valence-electron chi connectivity index (χ4n) is 2.94. The molecular formula is C24H25N3O6S. The van der Waals surface area contributed by atoms with Crippen molar-refractivity contribution in [1.82, 2.24) is 4.98 Å². The second-order valence-corrected chi connectivity index (χ2v) is 7.70. The fourth-order valence-corrected chi connectivity index (χ4v) is 3.60. The van der Waals surface area contributed by atoms with Crippen LogP contribution in [0.4, 0.5) is 5.13 Å². The van der Waals surface area contributed by atoms with Gasteiger partial charge in [-0.05, 0) is 30.7 Å². The number of carbonyl (C=O) groups excluding carboxylic acids is 2. The van der Waals surface area contributed by atoms with Crippen LogP contribution in [-0.2, 0) is 25.5 Å². The topological polar surface area (TPSA) is 108 Å². The molecule has 2 aromatic carbocycles. The normalized spacial score (nSPS) is 11.6. The molecule has 10 heteroatoms. The van der Waals surface area contributed by atoms with Crippen molar-refractivity contribution in [1.29, 1.82) is 0 Å². The highest BCUT2D eigenvalue weighted by Crippen LogP contribution is 2.32. The van der Waals surface area contributed by atoms with Crippen LogP contribution in [0.2, 0.25) is 0 Å². The van der Waals surface area contributed by atoms with Crippen LogP contribution < -0.4 is 14.9 Å². The number of ether oxygens (including phenoxy) is 4. The van der Waals surface area contributed by atoms with Crippen LogP contribution in [0, 0.1) is 0 Å². The number of benzene rings is 2. The number of nitrogens with zero attached hydrogens (tertiary/aromatic N) is 2. The Morgan fingerprint density at radius 3 is 2.65 bits per heavy atom. The van der Waals surface area contributed by atoms with Crippen molar-refractivity contribution in [3.05, 3.63) is 70.7 Å². The first-order valence-electron chi connectivity index (χ1n) is 10.4. The van der Waals surface area contributed by atoms with Crippen LogP contribution in [0.3, 0.4) is 0 Å². The summed E-state index contributed by atoms with van der Waals surface area (Å²) < 4.78 is 21.2. The number of carbonyl (C=O) groups is 2. The van der Waals surface area contributed by atoms with Gasteiger partial charge >= 0.3 is 11.9 Å². The molecule has 178 valence electrons. The molecule has 0 aliphatic carbocycles. The van der Waals surface area contributed by atoms with Crippen LogP contribution in [-0.4, -0.2) is 44.0 Å². The molecule has 3 aromatic rings. The van der Waals surface area contributed by atoms with Crippen molar-refractivity contribution in [2.24, 2.45) is 5.10 Å². The lowest BCUT2D eigenvalue weighted by Gasteiger charge is -2.19. The molecule has 0 aliphatic heterocycles. The number of hydrogen-bond acceptors (Lipinski definition) is 10. The van der Waals surface area contributed by atoms with Gasteiger partial charge in [0.1, 0.15) is 0 Å². The zero-order valence-corrected chi connectivity index (χ0v) is 19.8. The Morgan fingerprint density at radius 1 is 1.15 bits per heavy atom. The van der Waals surface area contributed by atoms with Gasteiger partial charge in [0, 0.05) is 10.9 Å². The van der Waals surface area contributed by atoms with Gasteiger partial charge in [-0.3, -0.25) is 10.2 Å². The summed E-state index contributed by atoms with van der Waals surface area (Å²) in [6.07, 6.45) is 0.727. The summed E-state index contributed by atoms with van der Waals surface area (Å²) in [4.78, 5) is 28.3. The molecule has 9 nitrogen and oxygen atoms in total. The lowest BCUT2D eigenvalue weighted by atomic mass is 10.1. The van der Waals surface area contributed by atoms with E-state index in [1.54, 1.807) is 48.9 Å². The van der Waals surface area contributed by atoms with Crippen molar-refractivity contribution < 1.29 is 28.5 Å². The van der Waals surface area contributed by atoms with Crippen molar-refractivity contribution in [3.63, 3.8) is 0 Å². The number of thiazole rings is 1. The minimum atomic E-state index is -0.960. The van der Waals surface area contributed by atoms with Crippen LogP contribution in [0.1, 0.15) is 29.8 Å². The predicted molar refractivity (Wildman–Crippen MR) is 128 cm³/mol. The number of hydrazone groups is 1. The minimum absolute atomic E-state index is 0.109. The second-order valence-electron chi connectivity index (χ2n) is 6.84. The largest absolute Gasteiger partial charge is 0.493 e. The van der Waals surface area contributed by atoms with E-state index in [9.17, 15) is 9.59 Å². The highest BCUT2D eigenvalue weighted by Gasteiger charge is 2.25. The number of esters is 2. The van der Waals surface area contributed by atoms with E-state index in [0.29, 0.717) is 40.1 Å². The lowest BCUT2D eigenvalue weighted by molar-refractivity contribution is -0.149. The molecule has 1 heterocycles. The summed E-state index contributed by atoms with van der Waals surface area (Å²) in [6, 6.07) is 14.3. The molecule has 0 radical (unpaired) electrons. The van der Waals surface area contributed by atoms with Crippen molar-refractivity contribution in [2.75, 3.05) is 26.3 Å². The standard InChI is InChI=1S/C24H25N3O6S/c1-4-32-21(28)13-18-15-34-24(26-18)27-25-14-16-10-11-19(30-2)20(12-16)33-22(23(29)31-3)17-8-6-5-7-9-17/h5-12,14-15,22H,4,13H2,1-3H3,(H,26,27).